The molecule has 10 nitrogen and oxygen atoms in total. The third-order valence-electron chi connectivity index (χ3n) is 5.01. The molecule has 1 saturated heterocycles. The number of imidazole rings is 1. The van der Waals surface area contributed by atoms with Crippen molar-refractivity contribution >= 4 is 35.0 Å². The number of ether oxygens (including phenoxy) is 1. The number of carbonyl (C=O) groups excluding carboxylic acids is 1. The number of benzene rings is 1. The summed E-state index contributed by atoms with van der Waals surface area (Å²) >= 11 is 0. The van der Waals surface area contributed by atoms with E-state index in [0.29, 0.717) is 11.4 Å². The van der Waals surface area contributed by atoms with E-state index < -0.39 is 24.0 Å². The number of aliphatic hydroxyl groups is 2. The number of Topliss-reactive ketones (excluding diaryl/α,β-unsaturated/α-hetero) is 1. The number of carbonyl (C=O) groups is 1. The number of hydrogen-bond donors (Lipinski definition) is 4. The first-order chi connectivity index (χ1) is 14.4. The van der Waals surface area contributed by atoms with Gasteiger partial charge in [0.05, 0.1) is 12.7 Å². The van der Waals surface area contributed by atoms with E-state index in [4.69, 9.17) is 10.5 Å². The van der Waals surface area contributed by atoms with Crippen LogP contribution in [0, 0.1) is 0 Å². The predicted molar refractivity (Wildman–Crippen MR) is 110 cm³/mol. The molecule has 0 amide bonds. The number of nitrogens with one attached hydrogen (secondary N) is 1. The van der Waals surface area contributed by atoms with Gasteiger partial charge in [0, 0.05) is 12.0 Å². The molecule has 0 spiro atoms. The van der Waals surface area contributed by atoms with Crippen molar-refractivity contribution in [2.24, 2.45) is 0 Å². The average molecular weight is 411 g/mol. The predicted octanol–water partition coefficient (Wildman–Crippen LogP) is 0.715. The lowest BCUT2D eigenvalue weighted by atomic mass is 10.1. The number of aliphatic hydroxyl groups excluding tert-OH is 2. The maximum absolute atomic E-state index is 12.3. The molecule has 4 rings (SSSR count). The van der Waals surface area contributed by atoms with Crippen molar-refractivity contribution in [1.82, 2.24) is 19.5 Å². The van der Waals surface area contributed by atoms with Gasteiger partial charge in [-0.15, -0.1) is 0 Å². The molecule has 0 bridgehead atoms. The SMILES string of the molecule is CC(=O)c1ccc(/C=C/c2nc3c(=O)[nH]c(N)nc3n2[C@H]2C[C@H](O)[C@@H](CO)O2)cc1. The summed E-state index contributed by atoms with van der Waals surface area (Å²) in [5, 5.41) is 19.5. The number of rotatable bonds is 5. The standard InChI is InChI=1S/C20H21N5O5/c1-10(27)12-5-2-11(3-6-12)4-7-15-22-17-18(23-20(21)24-19(17)29)25(15)16-8-13(28)14(9-26)30-16/h2-7,13-14,16,26,28H,8-9H2,1H3,(H3,21,23,24,29)/b7-4+/t13-,14+,16+/m0/s1. The van der Waals surface area contributed by atoms with Crippen LogP contribution in [0.15, 0.2) is 29.1 Å². The van der Waals surface area contributed by atoms with Crippen LogP contribution in [-0.4, -0.2) is 54.3 Å². The molecule has 10 heteroatoms. The summed E-state index contributed by atoms with van der Waals surface area (Å²) in [5.74, 6) is 0.284. The fourth-order valence-electron chi connectivity index (χ4n) is 3.46. The molecule has 0 radical (unpaired) electrons. The van der Waals surface area contributed by atoms with E-state index in [1.807, 2.05) is 0 Å². The van der Waals surface area contributed by atoms with E-state index in [-0.39, 0.29) is 35.9 Å². The molecule has 1 fully saturated rings. The monoisotopic (exact) mass is 411 g/mol. The highest BCUT2D eigenvalue weighted by Crippen LogP contribution is 2.32. The Morgan fingerprint density at radius 1 is 1.33 bits per heavy atom. The maximum Gasteiger partial charge on any atom is 0.280 e. The van der Waals surface area contributed by atoms with E-state index in [0.717, 1.165) is 5.56 Å². The molecule has 5 N–H and O–H groups in total. The van der Waals surface area contributed by atoms with E-state index >= 15 is 0 Å². The van der Waals surface area contributed by atoms with Crippen LogP contribution in [-0.2, 0) is 4.74 Å². The fraction of sp³-hybridized carbons (Fsp3) is 0.300. The molecule has 1 aliphatic rings. The van der Waals surface area contributed by atoms with Crippen molar-refractivity contribution < 1.29 is 19.7 Å². The number of hydrogen-bond acceptors (Lipinski definition) is 8. The van der Waals surface area contributed by atoms with Crippen LogP contribution in [0.25, 0.3) is 23.3 Å². The molecule has 0 unspecified atom stereocenters. The molecule has 1 aromatic carbocycles. The van der Waals surface area contributed by atoms with Crippen molar-refractivity contribution in [2.45, 2.75) is 31.8 Å². The number of aromatic nitrogens is 4. The Morgan fingerprint density at radius 2 is 2.07 bits per heavy atom. The van der Waals surface area contributed by atoms with Crippen LogP contribution in [0.1, 0.15) is 41.3 Å². The summed E-state index contributed by atoms with van der Waals surface area (Å²) in [6, 6.07) is 7.03. The second-order valence-electron chi connectivity index (χ2n) is 7.09. The third kappa shape index (κ3) is 3.63. The van der Waals surface area contributed by atoms with Crippen LogP contribution >= 0.6 is 0 Å². The Morgan fingerprint density at radius 3 is 2.70 bits per heavy atom. The Balaban J connectivity index is 1.78. The summed E-state index contributed by atoms with van der Waals surface area (Å²) in [7, 11) is 0. The number of H-pyrrole nitrogens is 1. The van der Waals surface area contributed by atoms with Crippen molar-refractivity contribution in [2.75, 3.05) is 12.3 Å². The van der Waals surface area contributed by atoms with Gasteiger partial charge in [0.1, 0.15) is 18.2 Å². The number of nitrogen functional groups attached to an aromatic ring is 1. The highest BCUT2D eigenvalue weighted by Gasteiger charge is 2.36. The molecular weight excluding hydrogens is 390 g/mol. The van der Waals surface area contributed by atoms with Gasteiger partial charge in [-0.25, -0.2) is 4.98 Å². The molecule has 3 heterocycles. The molecule has 156 valence electrons. The van der Waals surface area contributed by atoms with Crippen molar-refractivity contribution in [1.29, 1.82) is 0 Å². The third-order valence-corrected chi connectivity index (χ3v) is 5.01. The normalized spacial score (nSPS) is 21.6. The van der Waals surface area contributed by atoms with Crippen molar-refractivity contribution in [3.8, 4) is 0 Å². The lowest BCUT2D eigenvalue weighted by Gasteiger charge is -2.15. The molecule has 3 aromatic rings. The first-order valence-electron chi connectivity index (χ1n) is 9.38. The number of ketones is 1. The Labute approximate surface area is 170 Å². The van der Waals surface area contributed by atoms with Crippen LogP contribution in [0.2, 0.25) is 0 Å². The zero-order valence-corrected chi connectivity index (χ0v) is 16.1. The number of nitrogens with two attached hydrogens (primary N) is 1. The van der Waals surface area contributed by atoms with Gasteiger partial charge in [-0.05, 0) is 18.6 Å². The summed E-state index contributed by atoms with van der Waals surface area (Å²) in [6.07, 6.45) is 1.35. The van der Waals surface area contributed by atoms with Gasteiger partial charge >= 0.3 is 0 Å². The highest BCUT2D eigenvalue weighted by molar-refractivity contribution is 5.94. The first kappa shape index (κ1) is 20.0. The lowest BCUT2D eigenvalue weighted by molar-refractivity contribution is -0.0433. The van der Waals surface area contributed by atoms with Crippen LogP contribution in [0.3, 0.4) is 0 Å². The maximum atomic E-state index is 12.3. The van der Waals surface area contributed by atoms with E-state index in [1.54, 1.807) is 41.0 Å². The van der Waals surface area contributed by atoms with Gasteiger partial charge < -0.3 is 20.7 Å². The zero-order valence-electron chi connectivity index (χ0n) is 16.1. The fourth-order valence-corrected chi connectivity index (χ4v) is 3.46. The molecule has 3 atom stereocenters. The highest BCUT2D eigenvalue weighted by atomic mass is 16.5. The molecule has 2 aromatic heterocycles. The number of fused-ring (bicyclic) bond motifs is 1. The van der Waals surface area contributed by atoms with Gasteiger partial charge in [-0.1, -0.05) is 30.3 Å². The summed E-state index contributed by atoms with van der Waals surface area (Å²) in [4.78, 5) is 34.7. The first-order valence-corrected chi connectivity index (χ1v) is 9.38. The van der Waals surface area contributed by atoms with Gasteiger partial charge in [-0.3, -0.25) is 19.1 Å². The molecule has 1 aliphatic heterocycles. The van der Waals surface area contributed by atoms with Gasteiger partial charge in [0.25, 0.3) is 5.56 Å². The van der Waals surface area contributed by atoms with Crippen molar-refractivity contribution in [3.05, 3.63) is 51.6 Å². The molecule has 0 saturated carbocycles. The van der Waals surface area contributed by atoms with E-state index in [9.17, 15) is 19.8 Å². The molecule has 0 aliphatic carbocycles. The van der Waals surface area contributed by atoms with Gasteiger partial charge in [0.2, 0.25) is 5.95 Å². The van der Waals surface area contributed by atoms with E-state index in [1.165, 1.54) is 6.92 Å². The number of nitrogens with zero attached hydrogens (tertiary/aromatic N) is 3. The van der Waals surface area contributed by atoms with Gasteiger partial charge in [0.15, 0.2) is 16.9 Å². The Kier molecular flexibility index (Phi) is 5.20. The second kappa shape index (κ2) is 7.82. The smallest absolute Gasteiger partial charge is 0.280 e. The van der Waals surface area contributed by atoms with Crippen LogP contribution in [0.5, 0.6) is 0 Å². The molecular formula is C20H21N5O5. The largest absolute Gasteiger partial charge is 0.394 e. The van der Waals surface area contributed by atoms with Crippen LogP contribution < -0.4 is 11.3 Å². The van der Waals surface area contributed by atoms with Crippen molar-refractivity contribution in [3.63, 3.8) is 0 Å². The summed E-state index contributed by atoms with van der Waals surface area (Å²) in [6.45, 7) is 1.16. The number of aromatic amines is 1. The summed E-state index contributed by atoms with van der Waals surface area (Å²) in [5.41, 5.74) is 6.94. The van der Waals surface area contributed by atoms with Crippen LogP contribution in [0.4, 0.5) is 5.95 Å². The lowest BCUT2D eigenvalue weighted by Crippen LogP contribution is -2.24. The minimum Gasteiger partial charge on any atom is -0.394 e. The Hall–Kier alpha value is -3.34. The van der Waals surface area contributed by atoms with Gasteiger partial charge in [-0.2, -0.15) is 4.98 Å². The Bertz CT molecular complexity index is 1180. The summed E-state index contributed by atoms with van der Waals surface area (Å²) < 4.78 is 7.33. The zero-order chi connectivity index (χ0) is 21.4. The molecule has 30 heavy (non-hydrogen) atoms. The minimum absolute atomic E-state index is 0.0226. The minimum atomic E-state index is -0.868. The van der Waals surface area contributed by atoms with E-state index in [2.05, 4.69) is 15.0 Å². The topological polar surface area (TPSA) is 156 Å². The quantitative estimate of drug-likeness (QED) is 0.447. The second-order valence-corrected chi connectivity index (χ2v) is 7.09. The average Bonchev–Trinajstić information content (AvgIpc) is 3.26. The number of anilines is 1.